The van der Waals surface area contributed by atoms with Crippen LogP contribution < -0.4 is 4.74 Å². The van der Waals surface area contributed by atoms with Gasteiger partial charge in [0.05, 0.1) is 19.8 Å². The largest absolute Gasteiger partial charge is 0.497 e. The molecule has 0 aliphatic carbocycles. The van der Waals surface area contributed by atoms with Crippen molar-refractivity contribution in [1.29, 1.82) is 0 Å². The van der Waals surface area contributed by atoms with E-state index < -0.39 is 0 Å². The molecule has 0 radical (unpaired) electrons. The number of aromatic nitrogens is 1. The molecule has 1 aliphatic heterocycles. The van der Waals surface area contributed by atoms with E-state index in [4.69, 9.17) is 32.7 Å². The Balaban J connectivity index is 1.41. The number of rotatable bonds is 8. The van der Waals surface area contributed by atoms with Crippen molar-refractivity contribution >= 4 is 29.1 Å². The highest BCUT2D eigenvalue weighted by Crippen LogP contribution is 2.26. The molecule has 8 heteroatoms. The minimum atomic E-state index is -0.159. The van der Waals surface area contributed by atoms with Crippen LogP contribution in [-0.4, -0.2) is 60.5 Å². The summed E-state index contributed by atoms with van der Waals surface area (Å²) in [6, 6.07) is 19.1. The van der Waals surface area contributed by atoms with Crippen LogP contribution in [0, 0.1) is 6.92 Å². The molecule has 4 rings (SSSR count). The van der Waals surface area contributed by atoms with Crippen LogP contribution in [0.1, 0.15) is 33.3 Å². The second-order valence-electron chi connectivity index (χ2n) is 8.62. The molecule has 2 heterocycles. The summed E-state index contributed by atoms with van der Waals surface area (Å²) in [5.41, 5.74) is 3.38. The average molecular weight is 514 g/mol. The van der Waals surface area contributed by atoms with E-state index in [1.165, 1.54) is 0 Å². The molecule has 0 spiro atoms. The minimum Gasteiger partial charge on any atom is -0.497 e. The summed E-state index contributed by atoms with van der Waals surface area (Å²) in [5.74, 6) is 0.777. The van der Waals surface area contributed by atoms with Gasteiger partial charge in [0.1, 0.15) is 10.9 Å². The predicted octanol–water partition coefficient (Wildman–Crippen LogP) is 5.42. The topological polar surface area (TPSA) is 54.9 Å². The number of carbonyl (C=O) groups excluding carboxylic acids is 1. The van der Waals surface area contributed by atoms with Crippen molar-refractivity contribution in [3.63, 3.8) is 0 Å². The molecule has 0 N–H and O–H groups in total. The third-order valence-electron chi connectivity index (χ3n) is 6.06. The number of methoxy groups -OCH3 is 1. The van der Waals surface area contributed by atoms with Gasteiger partial charge >= 0.3 is 0 Å². The number of ether oxygens (including phenoxy) is 2. The van der Waals surface area contributed by atoms with Gasteiger partial charge in [0.25, 0.3) is 5.91 Å². The number of benzene rings is 2. The maximum absolute atomic E-state index is 13.0. The van der Waals surface area contributed by atoms with Crippen LogP contribution >= 0.6 is 23.2 Å². The first-order chi connectivity index (χ1) is 16.9. The summed E-state index contributed by atoms with van der Waals surface area (Å²) in [5, 5.41) is 1.03. The van der Waals surface area contributed by atoms with E-state index in [1.54, 1.807) is 19.2 Å². The van der Waals surface area contributed by atoms with Gasteiger partial charge in [-0.1, -0.05) is 47.5 Å². The first-order valence-electron chi connectivity index (χ1n) is 11.6. The SMILES string of the molecule is COc1cccc([C@H](CN2CCN(C(=O)c3cc(C)nc(Cl)c3)CC2)OCc2cccc(Cl)c2)c1. The molecular weight excluding hydrogens is 485 g/mol. The maximum Gasteiger partial charge on any atom is 0.254 e. The van der Waals surface area contributed by atoms with Crippen molar-refractivity contribution in [3.05, 3.63) is 93.2 Å². The number of hydrogen-bond donors (Lipinski definition) is 0. The lowest BCUT2D eigenvalue weighted by Crippen LogP contribution is -2.49. The van der Waals surface area contributed by atoms with Crippen LogP contribution in [0.5, 0.6) is 5.75 Å². The first kappa shape index (κ1) is 25.5. The fourth-order valence-electron chi connectivity index (χ4n) is 4.22. The number of nitrogens with zero attached hydrogens (tertiary/aromatic N) is 3. The highest BCUT2D eigenvalue weighted by Gasteiger charge is 2.25. The van der Waals surface area contributed by atoms with E-state index in [9.17, 15) is 4.79 Å². The Hall–Kier alpha value is -2.64. The molecule has 35 heavy (non-hydrogen) atoms. The van der Waals surface area contributed by atoms with Crippen molar-refractivity contribution in [2.24, 2.45) is 0 Å². The molecule has 1 saturated heterocycles. The number of piperazine rings is 1. The number of amides is 1. The molecular formula is C27H29Cl2N3O3. The van der Waals surface area contributed by atoms with Gasteiger partial charge in [0.2, 0.25) is 0 Å². The fraction of sp³-hybridized carbons (Fsp3) is 0.333. The summed E-state index contributed by atoms with van der Waals surface area (Å²) < 4.78 is 11.8. The monoisotopic (exact) mass is 513 g/mol. The first-order valence-corrected chi connectivity index (χ1v) is 12.3. The Labute approximate surface area is 216 Å². The van der Waals surface area contributed by atoms with Gasteiger partial charge < -0.3 is 14.4 Å². The van der Waals surface area contributed by atoms with Crippen molar-refractivity contribution in [1.82, 2.24) is 14.8 Å². The summed E-state index contributed by atoms with van der Waals surface area (Å²) in [4.78, 5) is 21.3. The number of hydrogen-bond acceptors (Lipinski definition) is 5. The molecule has 1 fully saturated rings. The lowest BCUT2D eigenvalue weighted by Gasteiger charge is -2.36. The van der Waals surface area contributed by atoms with Crippen molar-refractivity contribution in [3.8, 4) is 5.75 Å². The Morgan fingerprint density at radius 1 is 1.03 bits per heavy atom. The van der Waals surface area contributed by atoms with Crippen LogP contribution in [-0.2, 0) is 11.3 Å². The smallest absolute Gasteiger partial charge is 0.254 e. The normalized spacial score (nSPS) is 15.1. The van der Waals surface area contributed by atoms with Gasteiger partial charge in [-0.05, 0) is 54.4 Å². The van der Waals surface area contributed by atoms with Crippen molar-refractivity contribution < 1.29 is 14.3 Å². The fourth-order valence-corrected chi connectivity index (χ4v) is 4.69. The summed E-state index contributed by atoms with van der Waals surface area (Å²) in [6.07, 6.45) is -0.159. The molecule has 1 aromatic heterocycles. The van der Waals surface area contributed by atoms with Crippen LogP contribution in [0.25, 0.3) is 0 Å². The minimum absolute atomic E-state index is 0.0152. The van der Waals surface area contributed by atoms with Gasteiger partial charge in [-0.2, -0.15) is 0 Å². The molecule has 1 atom stereocenters. The zero-order chi connectivity index (χ0) is 24.8. The van der Waals surface area contributed by atoms with E-state index in [1.807, 2.05) is 54.3 Å². The Morgan fingerprint density at radius 3 is 2.51 bits per heavy atom. The zero-order valence-electron chi connectivity index (χ0n) is 19.9. The molecule has 3 aromatic rings. The molecule has 184 valence electrons. The average Bonchev–Trinajstić information content (AvgIpc) is 2.86. The quantitative estimate of drug-likeness (QED) is 0.376. The second-order valence-corrected chi connectivity index (χ2v) is 9.44. The van der Waals surface area contributed by atoms with E-state index in [0.717, 1.165) is 35.7 Å². The lowest BCUT2D eigenvalue weighted by molar-refractivity contribution is 0.00333. The third kappa shape index (κ3) is 6.95. The molecule has 0 saturated carbocycles. The number of carbonyl (C=O) groups is 1. The highest BCUT2D eigenvalue weighted by atomic mass is 35.5. The highest BCUT2D eigenvalue weighted by molar-refractivity contribution is 6.30. The van der Waals surface area contributed by atoms with Gasteiger partial charge in [-0.15, -0.1) is 0 Å². The molecule has 6 nitrogen and oxygen atoms in total. The number of pyridine rings is 1. The van der Waals surface area contributed by atoms with E-state index in [2.05, 4.69) is 16.0 Å². The Kier molecular flexibility index (Phi) is 8.63. The Morgan fingerprint density at radius 2 is 1.80 bits per heavy atom. The second kappa shape index (κ2) is 11.9. The zero-order valence-corrected chi connectivity index (χ0v) is 21.4. The third-order valence-corrected chi connectivity index (χ3v) is 6.49. The molecule has 2 aromatic carbocycles. The molecule has 1 aliphatic rings. The summed E-state index contributed by atoms with van der Waals surface area (Å²) in [6.45, 7) is 5.77. The number of aryl methyl sites for hydroxylation is 1. The van der Waals surface area contributed by atoms with Gasteiger partial charge in [0, 0.05) is 49.0 Å². The van der Waals surface area contributed by atoms with Gasteiger partial charge in [-0.25, -0.2) is 4.98 Å². The standard InChI is InChI=1S/C27H29Cl2N3O3/c1-19-13-22(16-26(29)30-19)27(33)32-11-9-31(10-12-32)17-25(21-6-4-8-24(15-21)34-2)35-18-20-5-3-7-23(28)14-20/h3-8,13-16,25H,9-12,17-18H2,1-2H3/t25-/m0/s1. The van der Waals surface area contributed by atoms with E-state index in [-0.39, 0.29) is 12.0 Å². The molecule has 1 amide bonds. The molecule has 0 bridgehead atoms. The summed E-state index contributed by atoms with van der Waals surface area (Å²) in [7, 11) is 1.66. The van der Waals surface area contributed by atoms with Crippen molar-refractivity contribution in [2.75, 3.05) is 39.8 Å². The van der Waals surface area contributed by atoms with Gasteiger partial charge in [-0.3, -0.25) is 9.69 Å². The van der Waals surface area contributed by atoms with Crippen molar-refractivity contribution in [2.45, 2.75) is 19.6 Å². The predicted molar refractivity (Wildman–Crippen MR) is 138 cm³/mol. The summed E-state index contributed by atoms with van der Waals surface area (Å²) >= 11 is 12.2. The Bertz CT molecular complexity index is 1150. The lowest BCUT2D eigenvalue weighted by atomic mass is 10.1. The number of halogens is 2. The van der Waals surface area contributed by atoms with Crippen LogP contribution in [0.4, 0.5) is 0 Å². The molecule has 0 unspecified atom stereocenters. The van der Waals surface area contributed by atoms with Crippen LogP contribution in [0.3, 0.4) is 0 Å². The van der Waals surface area contributed by atoms with Crippen LogP contribution in [0.2, 0.25) is 10.2 Å². The van der Waals surface area contributed by atoms with E-state index in [0.29, 0.717) is 42.0 Å². The van der Waals surface area contributed by atoms with Gasteiger partial charge in [0.15, 0.2) is 0 Å². The maximum atomic E-state index is 13.0. The van der Waals surface area contributed by atoms with E-state index >= 15 is 0 Å². The van der Waals surface area contributed by atoms with Crippen LogP contribution in [0.15, 0.2) is 60.7 Å².